The van der Waals surface area contributed by atoms with E-state index in [4.69, 9.17) is 15.2 Å². The highest BCUT2D eigenvalue weighted by atomic mass is 32.1. The van der Waals surface area contributed by atoms with E-state index < -0.39 is 0 Å². The number of aryl methyl sites for hydroxylation is 1. The fourth-order valence-electron chi connectivity index (χ4n) is 2.39. The number of nitrogen functional groups attached to an aromatic ring is 1. The van der Waals surface area contributed by atoms with Gasteiger partial charge in [0.25, 0.3) is 5.91 Å². The van der Waals surface area contributed by atoms with E-state index in [2.05, 4.69) is 5.32 Å². The van der Waals surface area contributed by atoms with Gasteiger partial charge in [-0.1, -0.05) is 18.2 Å². The SMILES string of the molecule is Cc1cccc2c(N)c(C(=O)NCC3COCCO3)sc12. The standard InChI is InChI=1S/C15H18N2O3S/c1-9-3-2-4-11-12(16)14(21-13(9)11)15(18)17-7-10-8-19-5-6-20-10/h2-4,10H,5-8,16H2,1H3,(H,17,18). The molecule has 21 heavy (non-hydrogen) atoms. The first-order valence-electron chi connectivity index (χ1n) is 6.92. The summed E-state index contributed by atoms with van der Waals surface area (Å²) in [4.78, 5) is 12.9. The molecule has 3 rings (SSSR count). The first-order chi connectivity index (χ1) is 10.2. The van der Waals surface area contributed by atoms with Crippen molar-refractivity contribution in [1.29, 1.82) is 0 Å². The van der Waals surface area contributed by atoms with Crippen LogP contribution in [-0.2, 0) is 9.47 Å². The molecule has 1 aliphatic heterocycles. The number of amides is 1. The minimum Gasteiger partial charge on any atom is -0.397 e. The van der Waals surface area contributed by atoms with Crippen molar-refractivity contribution >= 4 is 33.0 Å². The molecule has 0 aliphatic carbocycles. The zero-order valence-electron chi connectivity index (χ0n) is 11.8. The van der Waals surface area contributed by atoms with Crippen LogP contribution in [0.1, 0.15) is 15.2 Å². The van der Waals surface area contributed by atoms with E-state index in [1.807, 2.05) is 25.1 Å². The van der Waals surface area contributed by atoms with Crippen LogP contribution in [0.5, 0.6) is 0 Å². The minimum atomic E-state index is -0.151. The third-order valence-corrected chi connectivity index (χ3v) is 4.89. The van der Waals surface area contributed by atoms with Crippen LogP contribution in [0.2, 0.25) is 0 Å². The van der Waals surface area contributed by atoms with Crippen LogP contribution in [0.4, 0.5) is 5.69 Å². The summed E-state index contributed by atoms with van der Waals surface area (Å²) in [5.74, 6) is -0.151. The lowest BCUT2D eigenvalue weighted by Crippen LogP contribution is -2.39. The van der Waals surface area contributed by atoms with Crippen molar-refractivity contribution in [3.63, 3.8) is 0 Å². The Morgan fingerprint density at radius 1 is 1.48 bits per heavy atom. The van der Waals surface area contributed by atoms with Crippen LogP contribution >= 0.6 is 11.3 Å². The summed E-state index contributed by atoms with van der Waals surface area (Å²) in [5.41, 5.74) is 7.80. The molecular weight excluding hydrogens is 288 g/mol. The molecule has 0 spiro atoms. The number of fused-ring (bicyclic) bond motifs is 1. The molecule has 1 unspecified atom stereocenters. The molecule has 3 N–H and O–H groups in total. The molecule has 1 amide bonds. The third kappa shape index (κ3) is 2.88. The molecule has 2 aromatic rings. The maximum Gasteiger partial charge on any atom is 0.263 e. The smallest absolute Gasteiger partial charge is 0.263 e. The molecular formula is C15H18N2O3S. The molecule has 112 valence electrons. The van der Waals surface area contributed by atoms with E-state index in [-0.39, 0.29) is 12.0 Å². The van der Waals surface area contributed by atoms with Crippen LogP contribution in [0.15, 0.2) is 18.2 Å². The average molecular weight is 306 g/mol. The molecule has 1 atom stereocenters. The van der Waals surface area contributed by atoms with Gasteiger partial charge < -0.3 is 20.5 Å². The van der Waals surface area contributed by atoms with Crippen molar-refractivity contribution in [1.82, 2.24) is 5.32 Å². The molecule has 0 saturated carbocycles. The van der Waals surface area contributed by atoms with Crippen LogP contribution in [0.25, 0.3) is 10.1 Å². The molecule has 1 saturated heterocycles. The lowest BCUT2D eigenvalue weighted by Gasteiger charge is -2.22. The molecule has 1 fully saturated rings. The lowest BCUT2D eigenvalue weighted by molar-refractivity contribution is -0.0855. The Morgan fingerprint density at radius 2 is 2.33 bits per heavy atom. The van der Waals surface area contributed by atoms with Crippen molar-refractivity contribution in [2.24, 2.45) is 0 Å². The number of nitrogens with two attached hydrogens (primary N) is 1. The predicted molar refractivity (Wildman–Crippen MR) is 83.9 cm³/mol. The predicted octanol–water partition coefficient (Wildman–Crippen LogP) is 1.94. The molecule has 1 aromatic heterocycles. The van der Waals surface area contributed by atoms with Crippen LogP contribution in [-0.4, -0.2) is 38.4 Å². The number of carbonyl (C=O) groups is 1. The van der Waals surface area contributed by atoms with Crippen molar-refractivity contribution in [3.05, 3.63) is 28.6 Å². The van der Waals surface area contributed by atoms with E-state index >= 15 is 0 Å². The van der Waals surface area contributed by atoms with Gasteiger partial charge in [-0.05, 0) is 12.5 Å². The fraction of sp³-hybridized carbons (Fsp3) is 0.400. The Kier molecular flexibility index (Phi) is 4.10. The third-order valence-electron chi connectivity index (χ3n) is 3.53. The van der Waals surface area contributed by atoms with Gasteiger partial charge in [0.2, 0.25) is 0 Å². The number of anilines is 1. The second-order valence-electron chi connectivity index (χ2n) is 5.07. The van der Waals surface area contributed by atoms with Crippen LogP contribution < -0.4 is 11.1 Å². The first kappa shape index (κ1) is 14.3. The summed E-state index contributed by atoms with van der Waals surface area (Å²) in [7, 11) is 0. The summed E-state index contributed by atoms with van der Waals surface area (Å²) in [6, 6.07) is 5.92. The monoisotopic (exact) mass is 306 g/mol. The second kappa shape index (κ2) is 6.01. The zero-order chi connectivity index (χ0) is 14.8. The summed E-state index contributed by atoms with van der Waals surface area (Å²) in [6.07, 6.45) is -0.0833. The number of rotatable bonds is 3. The Morgan fingerprint density at radius 3 is 3.05 bits per heavy atom. The quantitative estimate of drug-likeness (QED) is 0.909. The number of ether oxygens (including phenoxy) is 2. The van der Waals surface area contributed by atoms with Crippen LogP contribution in [0.3, 0.4) is 0 Å². The number of thiophene rings is 1. The van der Waals surface area contributed by atoms with E-state index in [9.17, 15) is 4.79 Å². The zero-order valence-corrected chi connectivity index (χ0v) is 12.7. The maximum atomic E-state index is 12.3. The van der Waals surface area contributed by atoms with Gasteiger partial charge in [0, 0.05) is 16.6 Å². The molecule has 2 heterocycles. The number of nitrogens with one attached hydrogen (secondary N) is 1. The summed E-state index contributed by atoms with van der Waals surface area (Å²) in [5, 5.41) is 3.82. The van der Waals surface area contributed by atoms with Crippen molar-refractivity contribution in [3.8, 4) is 0 Å². The summed E-state index contributed by atoms with van der Waals surface area (Å²) >= 11 is 1.44. The van der Waals surface area contributed by atoms with Gasteiger partial charge >= 0.3 is 0 Å². The topological polar surface area (TPSA) is 73.6 Å². The van der Waals surface area contributed by atoms with Gasteiger partial charge in [-0.3, -0.25) is 4.79 Å². The largest absolute Gasteiger partial charge is 0.397 e. The number of hydrogen-bond acceptors (Lipinski definition) is 5. The van der Waals surface area contributed by atoms with E-state index in [0.717, 1.165) is 15.6 Å². The van der Waals surface area contributed by atoms with Gasteiger partial charge in [0.05, 0.1) is 31.6 Å². The molecule has 0 radical (unpaired) electrons. The van der Waals surface area contributed by atoms with Crippen molar-refractivity contribution < 1.29 is 14.3 Å². The number of benzene rings is 1. The van der Waals surface area contributed by atoms with Crippen molar-refractivity contribution in [2.45, 2.75) is 13.0 Å². The number of carbonyl (C=O) groups excluding carboxylic acids is 1. The van der Waals surface area contributed by atoms with E-state index in [1.165, 1.54) is 11.3 Å². The molecule has 5 nitrogen and oxygen atoms in total. The Labute approximate surface area is 127 Å². The van der Waals surface area contributed by atoms with Gasteiger partial charge in [-0.15, -0.1) is 11.3 Å². The van der Waals surface area contributed by atoms with Crippen molar-refractivity contribution in [2.75, 3.05) is 32.1 Å². The second-order valence-corrected chi connectivity index (χ2v) is 6.09. The molecule has 1 aromatic carbocycles. The Bertz CT molecular complexity index is 662. The fourth-order valence-corrected chi connectivity index (χ4v) is 3.50. The Balaban J connectivity index is 1.75. The average Bonchev–Trinajstić information content (AvgIpc) is 2.85. The molecule has 1 aliphatic rings. The van der Waals surface area contributed by atoms with E-state index in [0.29, 0.717) is 36.9 Å². The van der Waals surface area contributed by atoms with E-state index in [1.54, 1.807) is 0 Å². The van der Waals surface area contributed by atoms with Crippen LogP contribution in [0, 0.1) is 6.92 Å². The highest BCUT2D eigenvalue weighted by Crippen LogP contribution is 2.35. The Hall–Kier alpha value is -1.63. The number of hydrogen-bond donors (Lipinski definition) is 2. The summed E-state index contributed by atoms with van der Waals surface area (Å²) < 4.78 is 11.9. The molecule has 6 heteroatoms. The normalized spacial score (nSPS) is 18.8. The highest BCUT2D eigenvalue weighted by Gasteiger charge is 2.20. The lowest BCUT2D eigenvalue weighted by atomic mass is 10.1. The van der Waals surface area contributed by atoms with Gasteiger partial charge in [0.15, 0.2) is 0 Å². The highest BCUT2D eigenvalue weighted by molar-refractivity contribution is 7.21. The van der Waals surface area contributed by atoms with Gasteiger partial charge in [-0.25, -0.2) is 0 Å². The minimum absolute atomic E-state index is 0.0833. The van der Waals surface area contributed by atoms with Gasteiger partial charge in [-0.2, -0.15) is 0 Å². The molecule has 0 bridgehead atoms. The van der Waals surface area contributed by atoms with Gasteiger partial charge in [0.1, 0.15) is 4.88 Å². The first-order valence-corrected chi connectivity index (χ1v) is 7.73. The summed E-state index contributed by atoms with van der Waals surface area (Å²) in [6.45, 7) is 4.16. The maximum absolute atomic E-state index is 12.3.